The van der Waals surface area contributed by atoms with Gasteiger partial charge in [0.1, 0.15) is 0 Å². The van der Waals surface area contributed by atoms with E-state index in [1.807, 2.05) is 19.1 Å². The zero-order chi connectivity index (χ0) is 18.8. The number of ether oxygens (including phenoxy) is 1. The quantitative estimate of drug-likeness (QED) is 0.658. The van der Waals surface area contributed by atoms with Crippen molar-refractivity contribution in [1.82, 2.24) is 9.97 Å². The molecule has 136 valence electrons. The third-order valence-corrected chi connectivity index (χ3v) is 5.57. The second-order valence-corrected chi connectivity index (χ2v) is 8.57. The number of nitrogens with zero attached hydrogens (tertiary/aromatic N) is 2. The molecule has 26 heavy (non-hydrogen) atoms. The van der Waals surface area contributed by atoms with E-state index >= 15 is 0 Å². The van der Waals surface area contributed by atoms with Crippen molar-refractivity contribution in [3.8, 4) is 0 Å². The Morgan fingerprint density at radius 1 is 1.23 bits per heavy atom. The van der Waals surface area contributed by atoms with Crippen LogP contribution in [0.25, 0.3) is 10.2 Å². The number of fused-ring (bicyclic) bond motifs is 1. The third-order valence-electron chi connectivity index (χ3n) is 3.65. The fourth-order valence-corrected chi connectivity index (χ4v) is 4.54. The Morgan fingerprint density at radius 2 is 2.00 bits per heavy atom. The van der Waals surface area contributed by atoms with Crippen molar-refractivity contribution >= 4 is 49.9 Å². The summed E-state index contributed by atoms with van der Waals surface area (Å²) in [4.78, 5) is 34.0. The molecular formula is C18H19N3O3S2. The number of amides is 1. The number of anilines is 1. The van der Waals surface area contributed by atoms with Crippen LogP contribution in [0.5, 0.6) is 0 Å². The lowest BCUT2D eigenvalue weighted by Crippen LogP contribution is -2.12. The average molecular weight is 390 g/mol. The Labute approximate surface area is 159 Å². The summed E-state index contributed by atoms with van der Waals surface area (Å²) < 4.78 is 5.76. The Bertz CT molecular complexity index is 975. The zero-order valence-electron chi connectivity index (χ0n) is 15.0. The number of aromatic nitrogens is 2. The number of thiazole rings is 2. The van der Waals surface area contributed by atoms with Gasteiger partial charge in [0.2, 0.25) is 0 Å². The fourth-order valence-electron chi connectivity index (χ4n) is 2.52. The van der Waals surface area contributed by atoms with Gasteiger partial charge in [-0.05, 0) is 37.5 Å². The van der Waals surface area contributed by atoms with E-state index in [4.69, 9.17) is 4.74 Å². The molecule has 2 heterocycles. The third kappa shape index (κ3) is 3.91. The summed E-state index contributed by atoms with van der Waals surface area (Å²) in [7, 11) is 1.32. The maximum Gasteiger partial charge on any atom is 0.357 e. The number of aryl methyl sites for hydroxylation is 1. The first-order chi connectivity index (χ1) is 12.4. The van der Waals surface area contributed by atoms with Crippen molar-refractivity contribution in [2.75, 3.05) is 12.4 Å². The summed E-state index contributed by atoms with van der Waals surface area (Å²) >= 11 is 2.85. The van der Waals surface area contributed by atoms with E-state index in [0.717, 1.165) is 20.1 Å². The number of carbonyl (C=O) groups is 2. The number of hydrogen-bond acceptors (Lipinski definition) is 7. The molecule has 0 fully saturated rings. The number of benzene rings is 1. The number of carbonyl (C=O) groups excluding carboxylic acids is 2. The number of nitrogens with one attached hydrogen (secondary N) is 1. The molecule has 0 aliphatic carbocycles. The summed E-state index contributed by atoms with van der Waals surface area (Å²) in [6, 6.07) is 5.39. The normalized spacial score (nSPS) is 11.1. The standard InChI is InChI=1S/C18H19N3O3S2/c1-9(2)7-14-15(17(23)24-4)20-18(26-14)21-16(22)11-5-6-12-13(8-11)25-10(3)19-12/h5-6,8-9H,7H2,1-4H3,(H,20,21,22). The molecule has 1 N–H and O–H groups in total. The minimum absolute atomic E-state index is 0.265. The lowest BCUT2D eigenvalue weighted by atomic mass is 10.1. The molecule has 0 radical (unpaired) electrons. The van der Waals surface area contributed by atoms with E-state index in [2.05, 4.69) is 29.1 Å². The molecule has 1 amide bonds. The molecule has 0 aliphatic heterocycles. The molecular weight excluding hydrogens is 370 g/mol. The van der Waals surface area contributed by atoms with Crippen LogP contribution in [0.15, 0.2) is 18.2 Å². The molecule has 0 saturated carbocycles. The zero-order valence-corrected chi connectivity index (χ0v) is 16.6. The van der Waals surface area contributed by atoms with Gasteiger partial charge in [-0.25, -0.2) is 14.8 Å². The van der Waals surface area contributed by atoms with Crippen molar-refractivity contribution in [1.29, 1.82) is 0 Å². The van der Waals surface area contributed by atoms with Crippen LogP contribution >= 0.6 is 22.7 Å². The minimum atomic E-state index is -0.487. The lowest BCUT2D eigenvalue weighted by Gasteiger charge is -2.02. The first-order valence-electron chi connectivity index (χ1n) is 8.14. The highest BCUT2D eigenvalue weighted by molar-refractivity contribution is 7.18. The highest BCUT2D eigenvalue weighted by atomic mass is 32.1. The van der Waals surface area contributed by atoms with Crippen LogP contribution in [0, 0.1) is 12.8 Å². The maximum absolute atomic E-state index is 12.6. The molecule has 1 aromatic carbocycles. The molecule has 6 nitrogen and oxygen atoms in total. The Balaban J connectivity index is 1.85. The average Bonchev–Trinajstić information content (AvgIpc) is 3.14. The van der Waals surface area contributed by atoms with Crippen LogP contribution in [0.1, 0.15) is 44.6 Å². The second kappa shape index (κ2) is 7.51. The summed E-state index contributed by atoms with van der Waals surface area (Å²) in [5.41, 5.74) is 1.68. The van der Waals surface area contributed by atoms with E-state index in [-0.39, 0.29) is 11.6 Å². The summed E-state index contributed by atoms with van der Waals surface area (Å²) in [6.45, 7) is 6.06. The molecule has 0 saturated heterocycles. The first-order valence-corrected chi connectivity index (χ1v) is 9.77. The highest BCUT2D eigenvalue weighted by Gasteiger charge is 2.21. The van der Waals surface area contributed by atoms with Crippen LogP contribution in [-0.2, 0) is 11.2 Å². The molecule has 8 heteroatoms. The van der Waals surface area contributed by atoms with E-state index in [0.29, 0.717) is 23.0 Å². The predicted octanol–water partition coefficient (Wildman–Crippen LogP) is 4.30. The van der Waals surface area contributed by atoms with Crippen molar-refractivity contribution in [2.24, 2.45) is 5.92 Å². The van der Waals surface area contributed by atoms with Gasteiger partial charge in [0.15, 0.2) is 10.8 Å². The summed E-state index contributed by atoms with van der Waals surface area (Å²) in [5.74, 6) is -0.391. The smallest absolute Gasteiger partial charge is 0.357 e. The van der Waals surface area contributed by atoms with Gasteiger partial charge in [0, 0.05) is 10.4 Å². The molecule has 3 rings (SSSR count). The monoisotopic (exact) mass is 389 g/mol. The van der Waals surface area contributed by atoms with Gasteiger partial charge in [-0.2, -0.15) is 0 Å². The SMILES string of the molecule is COC(=O)c1nc(NC(=O)c2ccc3nc(C)sc3c2)sc1CC(C)C. The number of rotatable bonds is 5. The van der Waals surface area contributed by atoms with E-state index in [1.54, 1.807) is 17.4 Å². The minimum Gasteiger partial charge on any atom is -0.464 e. The molecule has 0 aliphatic rings. The van der Waals surface area contributed by atoms with Crippen LogP contribution in [0.2, 0.25) is 0 Å². The maximum atomic E-state index is 12.6. The Morgan fingerprint density at radius 3 is 2.69 bits per heavy atom. The van der Waals surface area contributed by atoms with Gasteiger partial charge in [-0.3, -0.25) is 10.1 Å². The van der Waals surface area contributed by atoms with Gasteiger partial charge in [0.25, 0.3) is 5.91 Å². The largest absolute Gasteiger partial charge is 0.464 e. The van der Waals surface area contributed by atoms with Crippen molar-refractivity contribution in [3.63, 3.8) is 0 Å². The Hall–Kier alpha value is -2.32. The Kier molecular flexibility index (Phi) is 5.33. The van der Waals surface area contributed by atoms with Gasteiger partial charge < -0.3 is 4.74 Å². The van der Waals surface area contributed by atoms with Crippen molar-refractivity contribution < 1.29 is 14.3 Å². The molecule has 0 unspecified atom stereocenters. The number of methoxy groups -OCH3 is 1. The van der Waals surface area contributed by atoms with Crippen LogP contribution in [0.4, 0.5) is 5.13 Å². The van der Waals surface area contributed by atoms with Crippen LogP contribution in [0.3, 0.4) is 0 Å². The summed E-state index contributed by atoms with van der Waals surface area (Å²) in [5, 5.41) is 4.14. The molecule has 2 aromatic heterocycles. The molecule has 3 aromatic rings. The van der Waals surface area contributed by atoms with Gasteiger partial charge in [0.05, 0.1) is 22.3 Å². The molecule has 0 atom stereocenters. The van der Waals surface area contributed by atoms with E-state index in [1.165, 1.54) is 18.4 Å². The molecule has 0 spiro atoms. The fraction of sp³-hybridized carbons (Fsp3) is 0.333. The van der Waals surface area contributed by atoms with Gasteiger partial charge in [-0.15, -0.1) is 22.7 Å². The predicted molar refractivity (Wildman–Crippen MR) is 104 cm³/mol. The number of hydrogen-bond donors (Lipinski definition) is 1. The topological polar surface area (TPSA) is 81.2 Å². The number of esters is 1. The first kappa shape index (κ1) is 18.5. The van der Waals surface area contributed by atoms with Gasteiger partial charge >= 0.3 is 5.97 Å². The second-order valence-electron chi connectivity index (χ2n) is 6.25. The van der Waals surface area contributed by atoms with E-state index < -0.39 is 5.97 Å². The van der Waals surface area contributed by atoms with Crippen molar-refractivity contribution in [2.45, 2.75) is 27.2 Å². The lowest BCUT2D eigenvalue weighted by molar-refractivity contribution is 0.0593. The van der Waals surface area contributed by atoms with Crippen LogP contribution < -0.4 is 5.32 Å². The summed E-state index contributed by atoms with van der Waals surface area (Å²) in [6.07, 6.45) is 0.698. The molecule has 0 bridgehead atoms. The van der Waals surface area contributed by atoms with Gasteiger partial charge in [-0.1, -0.05) is 13.8 Å². The van der Waals surface area contributed by atoms with E-state index in [9.17, 15) is 9.59 Å². The highest BCUT2D eigenvalue weighted by Crippen LogP contribution is 2.28. The van der Waals surface area contributed by atoms with Crippen LogP contribution in [-0.4, -0.2) is 29.0 Å². The van der Waals surface area contributed by atoms with Crippen molar-refractivity contribution in [3.05, 3.63) is 39.3 Å².